The number of rotatable bonds is 7. The summed E-state index contributed by atoms with van der Waals surface area (Å²) in [6.45, 7) is 3.20. The first-order valence-electron chi connectivity index (χ1n) is 9.56. The summed E-state index contributed by atoms with van der Waals surface area (Å²) in [5.41, 5.74) is 2.95. The number of carbonyl (C=O) groups excluding carboxylic acids is 2. The number of hydrogen-bond acceptors (Lipinski definition) is 4. The third-order valence-corrected chi connectivity index (χ3v) is 5.03. The number of anilines is 1. The van der Waals surface area contributed by atoms with E-state index in [-0.39, 0.29) is 24.7 Å². The molecule has 0 bridgehead atoms. The van der Waals surface area contributed by atoms with E-state index in [1.54, 1.807) is 22.2 Å². The van der Waals surface area contributed by atoms with Gasteiger partial charge in [0.2, 0.25) is 11.8 Å². The molecule has 1 atom stereocenters. The lowest BCUT2D eigenvalue weighted by atomic mass is 10.1. The van der Waals surface area contributed by atoms with Crippen LogP contribution in [0.1, 0.15) is 30.9 Å². The van der Waals surface area contributed by atoms with Crippen LogP contribution in [-0.4, -0.2) is 34.8 Å². The molecule has 2 heterocycles. The van der Waals surface area contributed by atoms with Crippen LogP contribution in [0.5, 0.6) is 0 Å². The summed E-state index contributed by atoms with van der Waals surface area (Å²) < 4.78 is 0. The SMILES string of the molecule is CCc1ccc(N2CC(C(=O)N(CCC#N)Cc3cccnc3)CC2=O)cc1. The first-order valence-corrected chi connectivity index (χ1v) is 9.56. The number of carbonyl (C=O) groups is 2. The van der Waals surface area contributed by atoms with Crippen molar-refractivity contribution in [3.8, 4) is 6.07 Å². The molecule has 1 aliphatic heterocycles. The standard InChI is InChI=1S/C22H24N4O2/c1-2-17-6-8-20(9-7-17)26-16-19(13-21(26)27)22(28)25(12-4-10-23)15-18-5-3-11-24-14-18/h3,5-9,11,14,19H,2,4,12-13,15-16H2,1H3. The Kier molecular flexibility index (Phi) is 6.38. The number of nitriles is 1. The van der Waals surface area contributed by atoms with Gasteiger partial charge in [-0.1, -0.05) is 25.1 Å². The van der Waals surface area contributed by atoms with Gasteiger partial charge in [-0.25, -0.2) is 0 Å². The van der Waals surface area contributed by atoms with Crippen LogP contribution >= 0.6 is 0 Å². The quantitative estimate of drug-likeness (QED) is 0.744. The van der Waals surface area contributed by atoms with Crippen LogP contribution in [0.2, 0.25) is 0 Å². The molecule has 1 fully saturated rings. The number of pyridine rings is 1. The highest BCUT2D eigenvalue weighted by atomic mass is 16.2. The minimum absolute atomic E-state index is 0.0378. The Morgan fingerprint density at radius 3 is 2.71 bits per heavy atom. The Balaban J connectivity index is 1.72. The lowest BCUT2D eigenvalue weighted by Gasteiger charge is -2.25. The smallest absolute Gasteiger partial charge is 0.228 e. The Morgan fingerprint density at radius 2 is 2.07 bits per heavy atom. The molecule has 0 spiro atoms. The number of aryl methyl sites for hydroxylation is 1. The van der Waals surface area contributed by atoms with Crippen molar-refractivity contribution < 1.29 is 9.59 Å². The van der Waals surface area contributed by atoms with Gasteiger partial charge in [0.25, 0.3) is 0 Å². The van der Waals surface area contributed by atoms with Crippen molar-refractivity contribution in [3.05, 3.63) is 59.9 Å². The molecule has 1 saturated heterocycles. The molecule has 0 saturated carbocycles. The van der Waals surface area contributed by atoms with Crippen LogP contribution in [0, 0.1) is 17.2 Å². The summed E-state index contributed by atoms with van der Waals surface area (Å²) in [6, 6.07) is 13.7. The molecule has 6 nitrogen and oxygen atoms in total. The number of benzene rings is 1. The zero-order valence-electron chi connectivity index (χ0n) is 16.0. The van der Waals surface area contributed by atoms with E-state index in [1.807, 2.05) is 36.4 Å². The van der Waals surface area contributed by atoms with Crippen LogP contribution < -0.4 is 4.90 Å². The first-order chi connectivity index (χ1) is 13.6. The molecule has 28 heavy (non-hydrogen) atoms. The van der Waals surface area contributed by atoms with Crippen molar-refractivity contribution >= 4 is 17.5 Å². The summed E-state index contributed by atoms with van der Waals surface area (Å²) >= 11 is 0. The molecule has 0 radical (unpaired) electrons. The number of hydrogen-bond donors (Lipinski definition) is 0. The number of amides is 2. The predicted octanol–water partition coefficient (Wildman–Crippen LogP) is 2.94. The Bertz CT molecular complexity index is 858. The molecule has 1 unspecified atom stereocenters. The molecular weight excluding hydrogens is 352 g/mol. The summed E-state index contributed by atoms with van der Waals surface area (Å²) in [7, 11) is 0. The van der Waals surface area contributed by atoms with Crippen LogP contribution in [-0.2, 0) is 22.6 Å². The minimum atomic E-state index is -0.395. The van der Waals surface area contributed by atoms with Gasteiger partial charge in [-0.15, -0.1) is 0 Å². The molecule has 0 aliphatic carbocycles. The third-order valence-electron chi connectivity index (χ3n) is 5.03. The number of aromatic nitrogens is 1. The van der Waals surface area contributed by atoms with Crippen LogP contribution in [0.15, 0.2) is 48.8 Å². The van der Waals surface area contributed by atoms with Crippen LogP contribution in [0.3, 0.4) is 0 Å². The van der Waals surface area contributed by atoms with Gasteiger partial charge in [-0.2, -0.15) is 5.26 Å². The molecule has 2 aromatic rings. The maximum Gasteiger partial charge on any atom is 0.228 e. The molecule has 2 amide bonds. The zero-order valence-corrected chi connectivity index (χ0v) is 16.0. The van der Waals surface area contributed by atoms with E-state index >= 15 is 0 Å². The maximum absolute atomic E-state index is 13.1. The lowest BCUT2D eigenvalue weighted by molar-refractivity contribution is -0.136. The Morgan fingerprint density at radius 1 is 1.29 bits per heavy atom. The largest absolute Gasteiger partial charge is 0.337 e. The van der Waals surface area contributed by atoms with Crippen molar-refractivity contribution in [1.82, 2.24) is 9.88 Å². The van der Waals surface area contributed by atoms with E-state index in [0.29, 0.717) is 19.6 Å². The van der Waals surface area contributed by atoms with Crippen molar-refractivity contribution in [2.24, 2.45) is 5.92 Å². The maximum atomic E-state index is 13.1. The zero-order chi connectivity index (χ0) is 19.9. The second-order valence-corrected chi connectivity index (χ2v) is 6.95. The molecule has 144 valence electrons. The van der Waals surface area contributed by atoms with E-state index in [4.69, 9.17) is 5.26 Å². The summed E-state index contributed by atoms with van der Waals surface area (Å²) in [4.78, 5) is 33.1. The van der Waals surface area contributed by atoms with Crippen LogP contribution in [0.25, 0.3) is 0 Å². The number of nitrogens with zero attached hydrogens (tertiary/aromatic N) is 4. The van der Waals surface area contributed by atoms with Gasteiger partial charge in [0.15, 0.2) is 0 Å². The molecule has 6 heteroatoms. The first kappa shape index (κ1) is 19.6. The van der Waals surface area contributed by atoms with Gasteiger partial charge in [0.05, 0.1) is 18.4 Å². The molecule has 3 rings (SSSR count). The molecule has 1 aliphatic rings. The predicted molar refractivity (Wildman–Crippen MR) is 106 cm³/mol. The molecule has 1 aromatic heterocycles. The fraction of sp³-hybridized carbons (Fsp3) is 0.364. The van der Waals surface area contributed by atoms with Gasteiger partial charge < -0.3 is 9.80 Å². The van der Waals surface area contributed by atoms with E-state index in [2.05, 4.69) is 18.0 Å². The third kappa shape index (κ3) is 4.55. The van der Waals surface area contributed by atoms with Crippen molar-refractivity contribution in [2.45, 2.75) is 32.7 Å². The molecule has 0 N–H and O–H groups in total. The second kappa shape index (κ2) is 9.14. The van der Waals surface area contributed by atoms with Gasteiger partial charge in [-0.05, 0) is 35.7 Å². The highest BCUT2D eigenvalue weighted by Crippen LogP contribution is 2.27. The van der Waals surface area contributed by atoms with Gasteiger partial charge in [0.1, 0.15) is 0 Å². The summed E-state index contributed by atoms with van der Waals surface area (Å²) in [5.74, 6) is -0.516. The van der Waals surface area contributed by atoms with Crippen molar-refractivity contribution in [1.29, 1.82) is 5.26 Å². The van der Waals surface area contributed by atoms with E-state index in [9.17, 15) is 9.59 Å². The fourth-order valence-electron chi connectivity index (χ4n) is 3.46. The van der Waals surface area contributed by atoms with Crippen LogP contribution in [0.4, 0.5) is 5.69 Å². The highest BCUT2D eigenvalue weighted by Gasteiger charge is 2.37. The van der Waals surface area contributed by atoms with Gasteiger partial charge in [0, 0.05) is 44.1 Å². The summed E-state index contributed by atoms with van der Waals surface area (Å²) in [5, 5.41) is 8.94. The van der Waals surface area contributed by atoms with Gasteiger partial charge >= 0.3 is 0 Å². The van der Waals surface area contributed by atoms with E-state index in [0.717, 1.165) is 17.7 Å². The normalized spacial score (nSPS) is 16.1. The topological polar surface area (TPSA) is 77.3 Å². The minimum Gasteiger partial charge on any atom is -0.337 e. The Labute approximate surface area is 165 Å². The average Bonchev–Trinajstić information content (AvgIpc) is 3.13. The monoisotopic (exact) mass is 376 g/mol. The van der Waals surface area contributed by atoms with Crippen molar-refractivity contribution in [3.63, 3.8) is 0 Å². The van der Waals surface area contributed by atoms with E-state index < -0.39 is 5.92 Å². The van der Waals surface area contributed by atoms with E-state index in [1.165, 1.54) is 5.56 Å². The summed E-state index contributed by atoms with van der Waals surface area (Å²) in [6.07, 6.45) is 4.80. The molecular formula is C22H24N4O2. The Hall–Kier alpha value is -3.20. The second-order valence-electron chi connectivity index (χ2n) is 6.95. The fourth-order valence-corrected chi connectivity index (χ4v) is 3.46. The van der Waals surface area contributed by atoms with Gasteiger partial charge in [-0.3, -0.25) is 14.6 Å². The highest BCUT2D eigenvalue weighted by molar-refractivity contribution is 6.00. The van der Waals surface area contributed by atoms with Crippen molar-refractivity contribution in [2.75, 3.05) is 18.0 Å². The average molecular weight is 376 g/mol. The lowest BCUT2D eigenvalue weighted by Crippen LogP contribution is -2.37. The molecule has 1 aromatic carbocycles.